The van der Waals surface area contributed by atoms with E-state index in [-0.39, 0.29) is 35.9 Å². The van der Waals surface area contributed by atoms with Crippen LogP contribution in [-0.4, -0.2) is 42.7 Å². The van der Waals surface area contributed by atoms with E-state index >= 15 is 0 Å². The molecular weight excluding hydrogens is 396 g/mol. The van der Waals surface area contributed by atoms with E-state index in [1.165, 1.54) is 17.7 Å². The lowest BCUT2D eigenvalue weighted by Crippen LogP contribution is -2.48. The monoisotopic (exact) mass is 419 g/mol. The van der Waals surface area contributed by atoms with Gasteiger partial charge in [-0.15, -0.1) is 24.0 Å². The zero-order valence-electron chi connectivity index (χ0n) is 12.7. The zero-order valence-corrected chi connectivity index (χ0v) is 15.1. The van der Waals surface area contributed by atoms with Gasteiger partial charge in [-0.25, -0.2) is 9.38 Å². The van der Waals surface area contributed by atoms with Gasteiger partial charge in [0.25, 0.3) is 0 Å². The van der Waals surface area contributed by atoms with E-state index in [2.05, 4.69) is 9.89 Å². The van der Waals surface area contributed by atoms with Crippen LogP contribution in [0.3, 0.4) is 0 Å². The van der Waals surface area contributed by atoms with Crippen LogP contribution in [0.15, 0.2) is 29.3 Å². The van der Waals surface area contributed by atoms with Crippen molar-refractivity contribution in [2.75, 3.05) is 19.7 Å². The summed E-state index contributed by atoms with van der Waals surface area (Å²) in [6.45, 7) is 4.38. The molecule has 1 unspecified atom stereocenters. The molecule has 1 aliphatic carbocycles. The molecule has 1 aromatic rings. The molecule has 1 saturated carbocycles. The molecule has 1 aliphatic heterocycles. The van der Waals surface area contributed by atoms with Crippen LogP contribution < -0.4 is 5.73 Å². The van der Waals surface area contributed by atoms with Gasteiger partial charge in [0.1, 0.15) is 5.82 Å². The van der Waals surface area contributed by atoms with E-state index in [1.54, 1.807) is 0 Å². The van der Waals surface area contributed by atoms with Crippen LogP contribution in [0.4, 0.5) is 4.39 Å². The summed E-state index contributed by atoms with van der Waals surface area (Å²) in [5.74, 6) is 0.932. The summed E-state index contributed by atoms with van der Waals surface area (Å²) in [6.07, 6.45) is 2.19. The van der Waals surface area contributed by atoms with Crippen LogP contribution in [0.2, 0.25) is 0 Å². The average molecular weight is 419 g/mol. The minimum Gasteiger partial charge on any atom is -0.375 e. The van der Waals surface area contributed by atoms with Crippen LogP contribution in [-0.2, 0) is 4.74 Å². The molecule has 1 atom stereocenters. The molecule has 0 radical (unpaired) electrons. The molecule has 6 heteroatoms. The number of nitrogens with two attached hydrogens (primary N) is 1. The smallest absolute Gasteiger partial charge is 0.191 e. The van der Waals surface area contributed by atoms with Crippen molar-refractivity contribution >= 4 is 29.9 Å². The van der Waals surface area contributed by atoms with E-state index in [0.717, 1.165) is 25.9 Å². The number of guanidine groups is 1. The van der Waals surface area contributed by atoms with Crippen molar-refractivity contribution in [3.8, 4) is 0 Å². The lowest BCUT2D eigenvalue weighted by molar-refractivity contribution is 0.00512. The van der Waals surface area contributed by atoms with Crippen molar-refractivity contribution < 1.29 is 9.13 Å². The molecule has 0 bridgehead atoms. The number of aliphatic imine (C=N–C) groups is 1. The molecule has 0 amide bonds. The van der Waals surface area contributed by atoms with Gasteiger partial charge in [0.15, 0.2) is 5.96 Å². The third-order valence-corrected chi connectivity index (χ3v) is 4.33. The lowest BCUT2D eigenvalue weighted by atomic mass is 9.76. The summed E-state index contributed by atoms with van der Waals surface area (Å²) in [5, 5.41) is 0. The molecule has 4 nitrogen and oxygen atoms in total. The van der Waals surface area contributed by atoms with Crippen molar-refractivity contribution in [3.05, 3.63) is 35.6 Å². The summed E-state index contributed by atoms with van der Waals surface area (Å²) < 4.78 is 18.4. The van der Waals surface area contributed by atoms with Crippen molar-refractivity contribution in [2.24, 2.45) is 10.7 Å². The Morgan fingerprint density at radius 2 is 2.00 bits per heavy atom. The third-order valence-electron chi connectivity index (χ3n) is 4.33. The Hall–Kier alpha value is -0.890. The molecule has 2 N–H and O–H groups in total. The summed E-state index contributed by atoms with van der Waals surface area (Å²) in [5.41, 5.74) is 7.29. The first-order valence-electron chi connectivity index (χ1n) is 7.57. The highest BCUT2D eigenvalue weighted by atomic mass is 127. The third kappa shape index (κ3) is 4.10. The maximum absolute atomic E-state index is 12.9. The molecule has 1 aromatic carbocycles. The van der Waals surface area contributed by atoms with Gasteiger partial charge in [-0.2, -0.15) is 0 Å². The van der Waals surface area contributed by atoms with Crippen LogP contribution in [0.5, 0.6) is 0 Å². The Bertz CT molecular complexity index is 517. The lowest BCUT2D eigenvalue weighted by Gasteiger charge is -2.36. The zero-order chi connectivity index (χ0) is 14.8. The minimum absolute atomic E-state index is 0. The first kappa shape index (κ1) is 17.5. The van der Waals surface area contributed by atoms with Crippen molar-refractivity contribution in [3.63, 3.8) is 0 Å². The maximum atomic E-state index is 12.9. The van der Waals surface area contributed by atoms with E-state index in [4.69, 9.17) is 10.5 Å². The summed E-state index contributed by atoms with van der Waals surface area (Å²) >= 11 is 0. The molecule has 0 spiro atoms. The predicted molar refractivity (Wildman–Crippen MR) is 96.2 cm³/mol. The first-order chi connectivity index (χ1) is 10.1. The van der Waals surface area contributed by atoms with Crippen molar-refractivity contribution in [1.29, 1.82) is 0 Å². The van der Waals surface area contributed by atoms with Crippen molar-refractivity contribution in [1.82, 2.24) is 4.90 Å². The van der Waals surface area contributed by atoms with Gasteiger partial charge in [-0.05, 0) is 43.4 Å². The highest BCUT2D eigenvalue weighted by Gasteiger charge is 2.31. The second kappa shape index (κ2) is 7.59. The Balaban J connectivity index is 0.00000176. The van der Waals surface area contributed by atoms with Crippen LogP contribution >= 0.6 is 24.0 Å². The van der Waals surface area contributed by atoms with Gasteiger partial charge in [-0.3, -0.25) is 0 Å². The second-order valence-electron chi connectivity index (χ2n) is 5.99. The Labute approximate surface area is 147 Å². The minimum atomic E-state index is -0.182. The molecule has 2 aliphatic rings. The Kier molecular flexibility index (Phi) is 6.02. The molecule has 1 saturated heterocycles. The number of ether oxygens (including phenoxy) is 1. The fourth-order valence-electron chi connectivity index (χ4n) is 3.00. The number of rotatable bonds is 2. The fraction of sp³-hybridized carbons (Fsp3) is 0.562. The number of morpholine rings is 1. The maximum Gasteiger partial charge on any atom is 0.191 e. The average Bonchev–Trinajstić information content (AvgIpc) is 2.43. The number of nitrogens with zero attached hydrogens (tertiary/aromatic N) is 2. The van der Waals surface area contributed by atoms with E-state index in [9.17, 15) is 4.39 Å². The molecule has 1 heterocycles. The molecule has 0 aromatic heterocycles. The van der Waals surface area contributed by atoms with Crippen molar-refractivity contribution in [2.45, 2.75) is 37.8 Å². The van der Waals surface area contributed by atoms with Gasteiger partial charge >= 0.3 is 0 Å². The number of hydrogen-bond donors (Lipinski definition) is 1. The molecule has 3 rings (SSSR count). The Morgan fingerprint density at radius 1 is 1.32 bits per heavy atom. The van der Waals surface area contributed by atoms with Gasteiger partial charge in [0.05, 0.1) is 18.8 Å². The standard InChI is InChI=1S/C16H22FN3O.HI/c1-11-10-20(6-7-21-11)16(18)19-15-8-13(9-15)12-2-4-14(17)5-3-12;/h2-5,11,13,15H,6-10H2,1H3,(H2,18,19);1H. The van der Waals surface area contributed by atoms with Gasteiger partial charge in [-0.1, -0.05) is 12.1 Å². The normalized spacial score (nSPS) is 28.7. The molecule has 22 heavy (non-hydrogen) atoms. The van der Waals surface area contributed by atoms with Crippen LogP contribution in [0.25, 0.3) is 0 Å². The number of halogens is 2. The summed E-state index contributed by atoms with van der Waals surface area (Å²) in [7, 11) is 0. The fourth-order valence-corrected chi connectivity index (χ4v) is 3.00. The van der Waals surface area contributed by atoms with Crippen LogP contribution in [0.1, 0.15) is 31.2 Å². The van der Waals surface area contributed by atoms with Crippen LogP contribution in [0, 0.1) is 5.82 Å². The largest absolute Gasteiger partial charge is 0.375 e. The molecular formula is C16H23FIN3O. The Morgan fingerprint density at radius 3 is 2.64 bits per heavy atom. The molecule has 2 fully saturated rings. The quantitative estimate of drug-likeness (QED) is 0.456. The summed E-state index contributed by atoms with van der Waals surface area (Å²) in [6, 6.07) is 7.07. The second-order valence-corrected chi connectivity index (χ2v) is 5.99. The van der Waals surface area contributed by atoms with E-state index in [1.807, 2.05) is 19.1 Å². The number of hydrogen-bond acceptors (Lipinski definition) is 2. The van der Waals surface area contributed by atoms with Gasteiger partial charge < -0.3 is 15.4 Å². The van der Waals surface area contributed by atoms with Gasteiger partial charge in [0, 0.05) is 13.1 Å². The number of benzene rings is 1. The van der Waals surface area contributed by atoms with Gasteiger partial charge in [0.2, 0.25) is 0 Å². The summed E-state index contributed by atoms with van der Waals surface area (Å²) in [4.78, 5) is 6.72. The first-order valence-corrected chi connectivity index (χ1v) is 7.57. The molecule has 122 valence electrons. The van der Waals surface area contributed by atoms with E-state index in [0.29, 0.717) is 24.5 Å². The topological polar surface area (TPSA) is 50.8 Å². The highest BCUT2D eigenvalue weighted by molar-refractivity contribution is 14.0. The highest BCUT2D eigenvalue weighted by Crippen LogP contribution is 2.38. The predicted octanol–water partition coefficient (Wildman–Crippen LogP) is 2.73. The SMILES string of the molecule is CC1CN(C(N)=NC2CC(c3ccc(F)cc3)C2)CCO1.I. The van der Waals surface area contributed by atoms with E-state index < -0.39 is 0 Å².